The molecule has 1 aliphatic rings. The van der Waals surface area contributed by atoms with Crippen molar-refractivity contribution in [3.63, 3.8) is 0 Å². The van der Waals surface area contributed by atoms with Crippen molar-refractivity contribution < 1.29 is 0 Å². The van der Waals surface area contributed by atoms with E-state index >= 15 is 0 Å². The fourth-order valence-electron chi connectivity index (χ4n) is 3.21. The Balaban J connectivity index is 2.08. The summed E-state index contributed by atoms with van der Waals surface area (Å²) in [6.07, 6.45) is 6.82. The second-order valence-corrected chi connectivity index (χ2v) is 7.97. The molecule has 2 heterocycles. The number of nitrogens with zero attached hydrogens (tertiary/aromatic N) is 2. The molecule has 1 aliphatic heterocycles. The van der Waals surface area contributed by atoms with Gasteiger partial charge in [-0.25, -0.2) is 0 Å². The largest absolute Gasteiger partial charge is 0.298 e. The Labute approximate surface area is 132 Å². The molecule has 0 aromatic carbocycles. The fourth-order valence-corrected chi connectivity index (χ4v) is 3.61. The minimum Gasteiger partial charge on any atom is -0.298 e. The Bertz CT molecular complexity index is 443. The molecule has 20 heavy (non-hydrogen) atoms. The van der Waals surface area contributed by atoms with Crippen molar-refractivity contribution in [1.82, 2.24) is 9.88 Å². The molecule has 0 atom stereocenters. The molecule has 1 aromatic rings. The zero-order valence-electron chi connectivity index (χ0n) is 13.2. The summed E-state index contributed by atoms with van der Waals surface area (Å²) >= 11 is 3.65. The topological polar surface area (TPSA) is 16.1 Å². The molecular weight excluding hydrogens is 312 g/mol. The standard InChI is InChI=1S/C17H27BrN2/c1-5-17(13-15-14(18)7-6-10-19-15)8-11-20(12-9-17)16(2,3)4/h6-7,10H,5,8-9,11-13H2,1-4H3. The third-order valence-electron chi connectivity index (χ3n) is 4.90. The number of aromatic nitrogens is 1. The highest BCUT2D eigenvalue weighted by molar-refractivity contribution is 9.10. The summed E-state index contributed by atoms with van der Waals surface area (Å²) in [6.45, 7) is 11.7. The number of hydrogen-bond acceptors (Lipinski definition) is 2. The first-order valence-electron chi connectivity index (χ1n) is 7.71. The van der Waals surface area contributed by atoms with Crippen molar-refractivity contribution in [3.8, 4) is 0 Å². The van der Waals surface area contributed by atoms with Crippen molar-refractivity contribution >= 4 is 15.9 Å². The molecular formula is C17H27BrN2. The second kappa shape index (κ2) is 6.15. The lowest BCUT2D eigenvalue weighted by Crippen LogP contribution is -2.49. The monoisotopic (exact) mass is 338 g/mol. The average molecular weight is 339 g/mol. The summed E-state index contributed by atoms with van der Waals surface area (Å²) in [5.74, 6) is 0. The van der Waals surface area contributed by atoms with Crippen LogP contribution >= 0.6 is 15.9 Å². The van der Waals surface area contributed by atoms with E-state index in [9.17, 15) is 0 Å². The zero-order valence-corrected chi connectivity index (χ0v) is 14.8. The predicted molar refractivity (Wildman–Crippen MR) is 88.9 cm³/mol. The molecule has 0 bridgehead atoms. The van der Waals surface area contributed by atoms with E-state index in [1.807, 2.05) is 12.3 Å². The Morgan fingerprint density at radius 1 is 1.30 bits per heavy atom. The highest BCUT2D eigenvalue weighted by atomic mass is 79.9. The van der Waals surface area contributed by atoms with Gasteiger partial charge in [0.1, 0.15) is 0 Å². The third kappa shape index (κ3) is 3.62. The number of halogens is 1. The lowest BCUT2D eigenvalue weighted by atomic mass is 9.72. The maximum absolute atomic E-state index is 4.57. The van der Waals surface area contributed by atoms with Crippen molar-refractivity contribution in [2.24, 2.45) is 5.41 Å². The molecule has 2 rings (SSSR count). The Morgan fingerprint density at radius 3 is 2.45 bits per heavy atom. The van der Waals surface area contributed by atoms with Crippen LogP contribution in [0.4, 0.5) is 0 Å². The lowest BCUT2D eigenvalue weighted by Gasteiger charge is -2.46. The van der Waals surface area contributed by atoms with E-state index in [0.717, 1.165) is 10.9 Å². The van der Waals surface area contributed by atoms with Crippen LogP contribution in [0.25, 0.3) is 0 Å². The highest BCUT2D eigenvalue weighted by Crippen LogP contribution is 2.40. The van der Waals surface area contributed by atoms with Gasteiger partial charge in [0.05, 0.1) is 5.69 Å². The third-order valence-corrected chi connectivity index (χ3v) is 5.62. The van der Waals surface area contributed by atoms with E-state index in [0.29, 0.717) is 11.0 Å². The van der Waals surface area contributed by atoms with Gasteiger partial charge in [0.15, 0.2) is 0 Å². The maximum Gasteiger partial charge on any atom is 0.0550 e. The van der Waals surface area contributed by atoms with Crippen LogP contribution in [0.5, 0.6) is 0 Å². The van der Waals surface area contributed by atoms with Gasteiger partial charge >= 0.3 is 0 Å². The number of hydrogen-bond donors (Lipinski definition) is 0. The number of likely N-dealkylation sites (tertiary alicyclic amines) is 1. The number of rotatable bonds is 3. The normalized spacial score (nSPS) is 20.1. The molecule has 3 heteroatoms. The molecule has 112 valence electrons. The predicted octanol–water partition coefficient (Wildman–Crippen LogP) is 4.68. The van der Waals surface area contributed by atoms with Gasteiger partial charge in [-0.2, -0.15) is 0 Å². The lowest BCUT2D eigenvalue weighted by molar-refractivity contribution is 0.0396. The molecule has 1 aromatic heterocycles. The molecule has 0 saturated carbocycles. The molecule has 1 fully saturated rings. The summed E-state index contributed by atoms with van der Waals surface area (Å²) in [4.78, 5) is 7.19. The van der Waals surface area contributed by atoms with Gasteiger partial charge in [0, 0.05) is 16.2 Å². The maximum atomic E-state index is 4.57. The summed E-state index contributed by atoms with van der Waals surface area (Å²) in [7, 11) is 0. The highest BCUT2D eigenvalue weighted by Gasteiger charge is 2.36. The minimum absolute atomic E-state index is 0.297. The van der Waals surface area contributed by atoms with E-state index in [-0.39, 0.29) is 0 Å². The fraction of sp³-hybridized carbons (Fsp3) is 0.706. The second-order valence-electron chi connectivity index (χ2n) is 7.12. The summed E-state index contributed by atoms with van der Waals surface area (Å²) in [5, 5.41) is 0. The van der Waals surface area contributed by atoms with Crippen LogP contribution in [-0.4, -0.2) is 28.5 Å². The molecule has 0 unspecified atom stereocenters. The Kier molecular flexibility index (Phi) is 4.91. The van der Waals surface area contributed by atoms with Crippen LogP contribution in [-0.2, 0) is 6.42 Å². The molecule has 0 aliphatic carbocycles. The zero-order chi connectivity index (χ0) is 14.8. The van der Waals surface area contributed by atoms with E-state index in [4.69, 9.17) is 0 Å². The van der Waals surface area contributed by atoms with Crippen molar-refractivity contribution in [2.45, 2.75) is 58.9 Å². The van der Waals surface area contributed by atoms with Gasteiger partial charge in [0.2, 0.25) is 0 Å². The van der Waals surface area contributed by atoms with Gasteiger partial charge in [-0.3, -0.25) is 9.88 Å². The first-order valence-corrected chi connectivity index (χ1v) is 8.50. The summed E-state index contributed by atoms with van der Waals surface area (Å²) < 4.78 is 1.16. The van der Waals surface area contributed by atoms with E-state index in [1.54, 1.807) is 0 Å². The average Bonchev–Trinajstić information content (AvgIpc) is 2.41. The van der Waals surface area contributed by atoms with Gasteiger partial charge in [-0.05, 0) is 93.0 Å². The van der Waals surface area contributed by atoms with Crippen LogP contribution in [0, 0.1) is 5.41 Å². The van der Waals surface area contributed by atoms with Crippen molar-refractivity contribution in [1.29, 1.82) is 0 Å². The van der Waals surface area contributed by atoms with Crippen LogP contribution < -0.4 is 0 Å². The summed E-state index contributed by atoms with van der Waals surface area (Å²) in [5.41, 5.74) is 1.95. The number of pyridine rings is 1. The van der Waals surface area contributed by atoms with Crippen LogP contribution in [0.2, 0.25) is 0 Å². The molecule has 0 spiro atoms. The summed E-state index contributed by atoms with van der Waals surface area (Å²) in [6, 6.07) is 4.10. The first kappa shape index (κ1) is 16.0. The molecule has 0 radical (unpaired) electrons. The minimum atomic E-state index is 0.297. The van der Waals surface area contributed by atoms with Gasteiger partial charge < -0.3 is 0 Å². The van der Waals surface area contributed by atoms with Crippen LogP contribution in [0.3, 0.4) is 0 Å². The van der Waals surface area contributed by atoms with Crippen molar-refractivity contribution in [3.05, 3.63) is 28.5 Å². The SMILES string of the molecule is CCC1(Cc2ncccc2Br)CCN(C(C)(C)C)CC1. The molecule has 0 amide bonds. The van der Waals surface area contributed by atoms with Crippen LogP contribution in [0.15, 0.2) is 22.8 Å². The van der Waals surface area contributed by atoms with E-state index < -0.39 is 0 Å². The van der Waals surface area contributed by atoms with Gasteiger partial charge in [-0.15, -0.1) is 0 Å². The molecule has 1 saturated heterocycles. The van der Waals surface area contributed by atoms with E-state index in [2.05, 4.69) is 59.6 Å². The number of piperidine rings is 1. The van der Waals surface area contributed by atoms with Gasteiger partial charge in [-0.1, -0.05) is 6.92 Å². The molecule has 2 nitrogen and oxygen atoms in total. The smallest absolute Gasteiger partial charge is 0.0550 e. The quantitative estimate of drug-likeness (QED) is 0.795. The van der Waals surface area contributed by atoms with Crippen LogP contribution in [0.1, 0.15) is 52.7 Å². The van der Waals surface area contributed by atoms with E-state index in [1.165, 1.54) is 38.0 Å². The van der Waals surface area contributed by atoms with Crippen molar-refractivity contribution in [2.75, 3.05) is 13.1 Å². The first-order chi connectivity index (χ1) is 9.36. The molecule has 0 N–H and O–H groups in total. The Hall–Kier alpha value is -0.410. The Morgan fingerprint density at radius 2 is 1.95 bits per heavy atom. The van der Waals surface area contributed by atoms with Gasteiger partial charge in [0.25, 0.3) is 0 Å².